The number of hydrogen-bond acceptors (Lipinski definition) is 3. The minimum atomic E-state index is -1.12. The Balaban J connectivity index is 2.12. The first-order chi connectivity index (χ1) is 9.08. The molecule has 0 aromatic heterocycles. The lowest BCUT2D eigenvalue weighted by Crippen LogP contribution is -2.39. The molecule has 0 spiro atoms. The molecule has 5 nitrogen and oxygen atoms in total. The van der Waals surface area contributed by atoms with Crippen molar-refractivity contribution in [2.75, 3.05) is 6.54 Å². The normalized spacial score (nSPS) is 21.6. The molecule has 1 aliphatic heterocycles. The number of amides is 1. The summed E-state index contributed by atoms with van der Waals surface area (Å²) in [5.74, 6) is 3.39. The highest BCUT2D eigenvalue weighted by Gasteiger charge is 2.38. The SMILES string of the molecule is O=C(O)[C@@H]1C[C@@H](O)CN1C(=O)C#Cc1ccccc1. The van der Waals surface area contributed by atoms with Crippen LogP contribution in [0, 0.1) is 11.8 Å². The number of carbonyl (C=O) groups is 2. The summed E-state index contributed by atoms with van der Waals surface area (Å²) in [5.41, 5.74) is 0.683. The van der Waals surface area contributed by atoms with Crippen LogP contribution < -0.4 is 0 Å². The van der Waals surface area contributed by atoms with E-state index in [1.165, 1.54) is 0 Å². The summed E-state index contributed by atoms with van der Waals surface area (Å²) in [6.45, 7) is 0.0132. The number of aliphatic carboxylic acids is 1. The molecule has 0 unspecified atom stereocenters. The van der Waals surface area contributed by atoms with Gasteiger partial charge in [0.1, 0.15) is 6.04 Å². The fraction of sp³-hybridized carbons (Fsp3) is 0.286. The van der Waals surface area contributed by atoms with E-state index in [9.17, 15) is 14.7 Å². The van der Waals surface area contributed by atoms with Crippen LogP contribution in [0.1, 0.15) is 12.0 Å². The van der Waals surface area contributed by atoms with Crippen molar-refractivity contribution in [3.05, 3.63) is 35.9 Å². The maximum Gasteiger partial charge on any atom is 0.326 e. The van der Waals surface area contributed by atoms with Gasteiger partial charge in [0.15, 0.2) is 0 Å². The molecule has 0 radical (unpaired) electrons. The van der Waals surface area contributed by atoms with Gasteiger partial charge in [-0.3, -0.25) is 4.79 Å². The summed E-state index contributed by atoms with van der Waals surface area (Å²) in [6.07, 6.45) is -0.753. The van der Waals surface area contributed by atoms with Crippen molar-refractivity contribution in [1.29, 1.82) is 0 Å². The molecule has 2 atom stereocenters. The molecule has 19 heavy (non-hydrogen) atoms. The maximum atomic E-state index is 11.9. The second-order valence-electron chi connectivity index (χ2n) is 4.32. The second kappa shape index (κ2) is 5.55. The van der Waals surface area contributed by atoms with Gasteiger partial charge >= 0.3 is 5.97 Å². The van der Waals surface area contributed by atoms with Crippen LogP contribution in [0.15, 0.2) is 30.3 Å². The summed E-state index contributed by atoms with van der Waals surface area (Å²) >= 11 is 0. The number of aliphatic hydroxyl groups is 1. The Labute approximate surface area is 110 Å². The van der Waals surface area contributed by atoms with E-state index < -0.39 is 24.0 Å². The maximum absolute atomic E-state index is 11.9. The first-order valence-electron chi connectivity index (χ1n) is 5.86. The van der Waals surface area contributed by atoms with E-state index in [2.05, 4.69) is 11.8 Å². The van der Waals surface area contributed by atoms with Crippen LogP contribution in [0.3, 0.4) is 0 Å². The van der Waals surface area contributed by atoms with Crippen molar-refractivity contribution in [3.63, 3.8) is 0 Å². The molecular formula is C14H13NO4. The average molecular weight is 259 g/mol. The molecule has 1 aromatic rings. The lowest BCUT2D eigenvalue weighted by molar-refractivity contribution is -0.146. The Kier molecular flexibility index (Phi) is 3.83. The molecule has 1 amide bonds. The van der Waals surface area contributed by atoms with Crippen molar-refractivity contribution in [2.24, 2.45) is 0 Å². The van der Waals surface area contributed by atoms with E-state index in [1.807, 2.05) is 6.07 Å². The second-order valence-corrected chi connectivity index (χ2v) is 4.32. The Morgan fingerprint density at radius 3 is 2.58 bits per heavy atom. The minimum absolute atomic E-state index is 0.0132. The summed E-state index contributed by atoms with van der Waals surface area (Å²) in [6, 6.07) is 7.96. The molecular weight excluding hydrogens is 246 g/mol. The molecule has 1 heterocycles. The molecule has 5 heteroatoms. The first kappa shape index (κ1) is 13.1. The molecule has 0 saturated carbocycles. The summed E-state index contributed by atoms with van der Waals surface area (Å²) in [4.78, 5) is 23.9. The van der Waals surface area contributed by atoms with Crippen molar-refractivity contribution in [2.45, 2.75) is 18.6 Å². The lowest BCUT2D eigenvalue weighted by Gasteiger charge is -2.17. The van der Waals surface area contributed by atoms with Crippen LogP contribution in [-0.2, 0) is 9.59 Å². The number of carboxylic acid groups (broad SMARTS) is 1. The molecule has 0 bridgehead atoms. The fourth-order valence-electron chi connectivity index (χ4n) is 1.99. The number of nitrogens with zero attached hydrogens (tertiary/aromatic N) is 1. The molecule has 1 fully saturated rings. The number of likely N-dealkylation sites (tertiary alicyclic amines) is 1. The summed E-state index contributed by atoms with van der Waals surface area (Å²) < 4.78 is 0. The number of aliphatic hydroxyl groups excluding tert-OH is 1. The van der Waals surface area contributed by atoms with Crippen LogP contribution in [0.2, 0.25) is 0 Å². The zero-order chi connectivity index (χ0) is 13.8. The molecule has 0 aliphatic carbocycles. The van der Waals surface area contributed by atoms with Crippen LogP contribution in [0.4, 0.5) is 0 Å². The van der Waals surface area contributed by atoms with Gasteiger partial charge < -0.3 is 15.1 Å². The number of carbonyl (C=O) groups excluding carboxylic acids is 1. The van der Waals surface area contributed by atoms with Crippen molar-refractivity contribution < 1.29 is 19.8 Å². The van der Waals surface area contributed by atoms with Gasteiger partial charge in [-0.25, -0.2) is 4.79 Å². The Morgan fingerprint density at radius 1 is 1.26 bits per heavy atom. The third-order valence-electron chi connectivity index (χ3n) is 2.91. The highest BCUT2D eigenvalue weighted by molar-refractivity contribution is 5.97. The van der Waals surface area contributed by atoms with Crippen LogP contribution in [0.25, 0.3) is 0 Å². The van der Waals surface area contributed by atoms with Gasteiger partial charge in [-0.05, 0) is 12.1 Å². The average Bonchev–Trinajstić information content (AvgIpc) is 2.79. The summed E-state index contributed by atoms with van der Waals surface area (Å²) in [7, 11) is 0. The van der Waals surface area contributed by atoms with E-state index in [1.54, 1.807) is 24.3 Å². The van der Waals surface area contributed by atoms with Gasteiger partial charge in [0.2, 0.25) is 0 Å². The monoisotopic (exact) mass is 259 g/mol. The highest BCUT2D eigenvalue weighted by atomic mass is 16.4. The van der Waals surface area contributed by atoms with E-state index in [0.29, 0.717) is 5.56 Å². The van der Waals surface area contributed by atoms with Gasteiger partial charge in [0.25, 0.3) is 5.91 Å². The quantitative estimate of drug-likeness (QED) is 0.700. The number of hydrogen-bond donors (Lipinski definition) is 2. The lowest BCUT2D eigenvalue weighted by atomic mass is 10.2. The molecule has 2 N–H and O–H groups in total. The third kappa shape index (κ3) is 3.12. The molecule has 2 rings (SSSR count). The van der Waals surface area contributed by atoms with Gasteiger partial charge in [-0.2, -0.15) is 0 Å². The Bertz CT molecular complexity index is 544. The third-order valence-corrected chi connectivity index (χ3v) is 2.91. The van der Waals surface area contributed by atoms with E-state index in [-0.39, 0.29) is 13.0 Å². The number of benzene rings is 1. The van der Waals surface area contributed by atoms with E-state index >= 15 is 0 Å². The predicted octanol–water partition coefficient (Wildman–Crippen LogP) is 0.0845. The Morgan fingerprint density at radius 2 is 1.95 bits per heavy atom. The number of β-amino-alcohol motifs (C(OH)–C–C–N with tert-alkyl or cyclic N) is 1. The van der Waals surface area contributed by atoms with Gasteiger partial charge in [-0.15, -0.1) is 0 Å². The van der Waals surface area contributed by atoms with Crippen molar-refractivity contribution >= 4 is 11.9 Å². The summed E-state index contributed by atoms with van der Waals surface area (Å²) in [5, 5.41) is 18.4. The first-order valence-corrected chi connectivity index (χ1v) is 5.86. The zero-order valence-electron chi connectivity index (χ0n) is 10.1. The van der Waals surface area contributed by atoms with Crippen molar-refractivity contribution in [3.8, 4) is 11.8 Å². The largest absolute Gasteiger partial charge is 0.480 e. The topological polar surface area (TPSA) is 77.8 Å². The highest BCUT2D eigenvalue weighted by Crippen LogP contribution is 2.17. The van der Waals surface area contributed by atoms with Gasteiger partial charge in [-0.1, -0.05) is 24.1 Å². The Hall–Kier alpha value is -2.32. The van der Waals surface area contributed by atoms with E-state index in [4.69, 9.17) is 5.11 Å². The fourth-order valence-corrected chi connectivity index (χ4v) is 1.99. The molecule has 1 aliphatic rings. The van der Waals surface area contributed by atoms with Crippen LogP contribution in [0.5, 0.6) is 0 Å². The molecule has 1 saturated heterocycles. The predicted molar refractivity (Wildman–Crippen MR) is 67.1 cm³/mol. The van der Waals surface area contributed by atoms with Crippen LogP contribution in [-0.4, -0.2) is 45.7 Å². The standard InChI is InChI=1S/C14H13NO4/c16-11-8-12(14(18)19)15(9-11)13(17)7-6-10-4-2-1-3-5-10/h1-5,11-12,16H,8-9H2,(H,18,19)/t11-,12+/m1/s1. The zero-order valence-corrected chi connectivity index (χ0v) is 10.1. The van der Waals surface area contributed by atoms with Gasteiger partial charge in [0.05, 0.1) is 6.10 Å². The number of rotatable bonds is 1. The van der Waals surface area contributed by atoms with Crippen LogP contribution >= 0.6 is 0 Å². The van der Waals surface area contributed by atoms with E-state index in [0.717, 1.165) is 4.90 Å². The number of carboxylic acids is 1. The van der Waals surface area contributed by atoms with Gasteiger partial charge in [0, 0.05) is 24.4 Å². The smallest absolute Gasteiger partial charge is 0.326 e. The molecule has 98 valence electrons. The minimum Gasteiger partial charge on any atom is -0.480 e. The molecule has 1 aromatic carbocycles. The van der Waals surface area contributed by atoms with Crippen molar-refractivity contribution in [1.82, 2.24) is 4.90 Å².